The molecule has 0 fully saturated rings. The largest absolute Gasteiger partial charge is 0.493 e. The van der Waals surface area contributed by atoms with Crippen molar-refractivity contribution in [1.82, 2.24) is 0 Å². The van der Waals surface area contributed by atoms with Crippen LogP contribution in [0, 0.1) is 0 Å². The van der Waals surface area contributed by atoms with E-state index in [0.29, 0.717) is 30.1 Å². The molecule has 0 amide bonds. The molecule has 0 aliphatic carbocycles. The number of hydrogen-bond acceptors (Lipinski definition) is 2. The Hall–Kier alpha value is -0.840. The van der Waals surface area contributed by atoms with Crippen LogP contribution in [-0.2, 0) is 12.6 Å². The first-order chi connectivity index (χ1) is 8.49. The zero-order valence-electron chi connectivity index (χ0n) is 10.3. The van der Waals surface area contributed by atoms with Gasteiger partial charge in [0.15, 0.2) is 0 Å². The Morgan fingerprint density at radius 2 is 2.00 bits per heavy atom. The Morgan fingerprint density at radius 3 is 2.56 bits per heavy atom. The van der Waals surface area contributed by atoms with E-state index in [0.717, 1.165) is 18.9 Å². The Balaban J connectivity index is 2.96. The van der Waals surface area contributed by atoms with Crippen LogP contribution in [-0.4, -0.2) is 12.4 Å². The lowest BCUT2D eigenvalue weighted by Crippen LogP contribution is -2.07. The van der Waals surface area contributed by atoms with Gasteiger partial charge < -0.3 is 4.74 Å². The first-order valence-corrected chi connectivity index (χ1v) is 6.56. The van der Waals surface area contributed by atoms with E-state index in [1.165, 1.54) is 12.1 Å². The Kier molecular flexibility index (Phi) is 5.85. The van der Waals surface area contributed by atoms with Crippen LogP contribution < -0.4 is 4.74 Å². The average Bonchev–Trinajstić information content (AvgIpc) is 2.33. The second kappa shape index (κ2) is 6.92. The fourth-order valence-corrected chi connectivity index (χ4v) is 1.73. The first-order valence-electron chi connectivity index (χ1n) is 5.92. The lowest BCUT2D eigenvalue weighted by atomic mass is 10.1. The van der Waals surface area contributed by atoms with E-state index in [1.807, 2.05) is 6.92 Å². The highest BCUT2D eigenvalue weighted by Gasteiger charge is 2.31. The number of thiol groups is 1. The van der Waals surface area contributed by atoms with Gasteiger partial charge in [0.05, 0.1) is 12.2 Å². The number of benzene rings is 1. The van der Waals surface area contributed by atoms with Gasteiger partial charge in [-0.05, 0) is 48.8 Å². The third-order valence-corrected chi connectivity index (χ3v) is 2.77. The summed E-state index contributed by atoms with van der Waals surface area (Å²) in [6.07, 6.45) is -2.20. The lowest BCUT2D eigenvalue weighted by Gasteiger charge is -2.14. The number of alkyl halides is 3. The summed E-state index contributed by atoms with van der Waals surface area (Å²) in [6.45, 7) is 2.47. The van der Waals surface area contributed by atoms with Crippen LogP contribution in [0.25, 0.3) is 0 Å². The molecule has 0 saturated carbocycles. The van der Waals surface area contributed by atoms with Gasteiger partial charge in [-0.15, -0.1) is 0 Å². The van der Waals surface area contributed by atoms with E-state index in [2.05, 4.69) is 12.6 Å². The van der Waals surface area contributed by atoms with Crippen molar-refractivity contribution >= 4 is 12.6 Å². The molecule has 0 saturated heterocycles. The minimum Gasteiger partial charge on any atom is -0.493 e. The second-order valence-corrected chi connectivity index (χ2v) is 4.44. The minimum atomic E-state index is -4.31. The molecule has 1 nitrogen and oxygen atoms in total. The van der Waals surface area contributed by atoms with Crippen LogP contribution in [0.15, 0.2) is 18.2 Å². The number of hydrogen-bond donors (Lipinski definition) is 1. The molecule has 1 aromatic carbocycles. The van der Waals surface area contributed by atoms with Crippen LogP contribution in [0.4, 0.5) is 13.2 Å². The molecule has 0 bridgehead atoms. The predicted molar refractivity (Wildman–Crippen MR) is 69.4 cm³/mol. The van der Waals surface area contributed by atoms with Gasteiger partial charge >= 0.3 is 6.18 Å². The van der Waals surface area contributed by atoms with Crippen molar-refractivity contribution in [3.63, 3.8) is 0 Å². The van der Waals surface area contributed by atoms with Gasteiger partial charge in [-0.1, -0.05) is 6.92 Å². The summed E-state index contributed by atoms with van der Waals surface area (Å²) in [5.74, 6) is 1.19. The average molecular weight is 278 g/mol. The summed E-state index contributed by atoms with van der Waals surface area (Å²) >= 11 is 4.08. The van der Waals surface area contributed by atoms with Gasteiger partial charge in [0.25, 0.3) is 0 Å². The van der Waals surface area contributed by atoms with E-state index in [1.54, 1.807) is 0 Å². The lowest BCUT2D eigenvalue weighted by molar-refractivity contribution is -0.137. The molecule has 5 heteroatoms. The number of ether oxygens (including phenoxy) is 1. The summed E-state index contributed by atoms with van der Waals surface area (Å²) in [5, 5.41) is 0. The molecule has 102 valence electrons. The Bertz CT molecular complexity index is 377. The fourth-order valence-electron chi connectivity index (χ4n) is 1.57. The molecular formula is C13H17F3OS. The standard InChI is InChI=1S/C13H17F3OS/c1-2-7-17-12-6-5-11(13(14,15)16)9-10(12)4-3-8-18/h5-6,9,18H,2-4,7-8H2,1H3. The van der Waals surface area contributed by atoms with Gasteiger partial charge in [-0.25, -0.2) is 0 Å². The number of aryl methyl sites for hydroxylation is 1. The van der Waals surface area contributed by atoms with Gasteiger partial charge in [-0.2, -0.15) is 25.8 Å². The van der Waals surface area contributed by atoms with Crippen molar-refractivity contribution < 1.29 is 17.9 Å². The van der Waals surface area contributed by atoms with E-state index in [-0.39, 0.29) is 0 Å². The Labute approximate surface area is 111 Å². The van der Waals surface area contributed by atoms with Crippen molar-refractivity contribution in [2.75, 3.05) is 12.4 Å². The van der Waals surface area contributed by atoms with Gasteiger partial charge in [0.1, 0.15) is 5.75 Å². The monoisotopic (exact) mass is 278 g/mol. The molecule has 0 aliphatic heterocycles. The van der Waals surface area contributed by atoms with Crippen LogP contribution in [0.1, 0.15) is 30.9 Å². The molecule has 0 spiro atoms. The molecule has 0 heterocycles. The minimum absolute atomic E-state index is 0.513. The molecule has 18 heavy (non-hydrogen) atoms. The third-order valence-electron chi connectivity index (χ3n) is 2.45. The highest BCUT2D eigenvalue weighted by atomic mass is 32.1. The normalized spacial score (nSPS) is 11.6. The molecule has 0 aliphatic rings. The maximum atomic E-state index is 12.6. The molecule has 1 rings (SSSR count). The summed E-state index contributed by atoms with van der Waals surface area (Å²) in [4.78, 5) is 0. The maximum absolute atomic E-state index is 12.6. The van der Waals surface area contributed by atoms with Crippen LogP contribution >= 0.6 is 12.6 Å². The zero-order valence-corrected chi connectivity index (χ0v) is 11.2. The summed E-state index contributed by atoms with van der Waals surface area (Å²) in [7, 11) is 0. The van der Waals surface area contributed by atoms with Crippen molar-refractivity contribution in [2.24, 2.45) is 0 Å². The molecule has 0 N–H and O–H groups in total. The molecule has 0 aromatic heterocycles. The van der Waals surface area contributed by atoms with Gasteiger partial charge in [-0.3, -0.25) is 0 Å². The molecule has 1 aromatic rings. The van der Waals surface area contributed by atoms with Crippen LogP contribution in [0.5, 0.6) is 5.75 Å². The van der Waals surface area contributed by atoms with Crippen molar-refractivity contribution in [3.8, 4) is 5.75 Å². The van der Waals surface area contributed by atoms with Crippen molar-refractivity contribution in [1.29, 1.82) is 0 Å². The van der Waals surface area contributed by atoms with Crippen LogP contribution in [0.2, 0.25) is 0 Å². The molecule has 0 atom stereocenters. The van der Waals surface area contributed by atoms with E-state index < -0.39 is 11.7 Å². The van der Waals surface area contributed by atoms with E-state index in [9.17, 15) is 13.2 Å². The molecule has 0 unspecified atom stereocenters. The molecular weight excluding hydrogens is 261 g/mol. The van der Waals surface area contributed by atoms with E-state index in [4.69, 9.17) is 4.74 Å². The topological polar surface area (TPSA) is 9.23 Å². The highest BCUT2D eigenvalue weighted by Crippen LogP contribution is 2.33. The molecule has 0 radical (unpaired) electrons. The summed E-state index contributed by atoms with van der Waals surface area (Å²) in [6, 6.07) is 3.65. The SMILES string of the molecule is CCCOc1ccc(C(F)(F)F)cc1CCCS. The van der Waals surface area contributed by atoms with Gasteiger partial charge in [0, 0.05) is 0 Å². The number of halogens is 3. The second-order valence-electron chi connectivity index (χ2n) is 4.00. The first kappa shape index (κ1) is 15.2. The maximum Gasteiger partial charge on any atom is 0.416 e. The van der Waals surface area contributed by atoms with Gasteiger partial charge in [0.2, 0.25) is 0 Å². The summed E-state index contributed by atoms with van der Waals surface area (Å²) in [5.41, 5.74) is -0.0205. The predicted octanol–water partition coefficient (Wildman–Crippen LogP) is 4.36. The van der Waals surface area contributed by atoms with E-state index >= 15 is 0 Å². The highest BCUT2D eigenvalue weighted by molar-refractivity contribution is 7.80. The van der Waals surface area contributed by atoms with Crippen molar-refractivity contribution in [3.05, 3.63) is 29.3 Å². The number of rotatable bonds is 6. The third kappa shape index (κ3) is 4.44. The smallest absolute Gasteiger partial charge is 0.416 e. The summed E-state index contributed by atoms with van der Waals surface area (Å²) < 4.78 is 43.3. The quantitative estimate of drug-likeness (QED) is 0.761. The zero-order chi connectivity index (χ0) is 13.6. The Morgan fingerprint density at radius 1 is 1.28 bits per heavy atom. The van der Waals surface area contributed by atoms with Crippen molar-refractivity contribution in [2.45, 2.75) is 32.4 Å². The van der Waals surface area contributed by atoms with Crippen LogP contribution in [0.3, 0.4) is 0 Å². The fraction of sp³-hybridized carbons (Fsp3) is 0.538.